The topological polar surface area (TPSA) is 25.6 Å². The summed E-state index contributed by atoms with van der Waals surface area (Å²) in [5.74, 6) is 2.64. The second-order valence-electron chi connectivity index (χ2n) is 6.78. The summed E-state index contributed by atoms with van der Waals surface area (Å²) in [6.07, 6.45) is 8.87. The fourth-order valence-electron chi connectivity index (χ4n) is 3.71. The smallest absolute Gasteiger partial charge is 0.139 e. The first-order valence-electron chi connectivity index (χ1n) is 9.12. The van der Waals surface area contributed by atoms with Gasteiger partial charge in [0.2, 0.25) is 0 Å². The van der Waals surface area contributed by atoms with Gasteiger partial charge in [0.1, 0.15) is 11.5 Å². The Morgan fingerprint density at radius 2 is 1.92 bits per heavy atom. The molecule has 0 aliphatic carbocycles. The van der Waals surface area contributed by atoms with E-state index in [1.54, 1.807) is 0 Å². The summed E-state index contributed by atoms with van der Waals surface area (Å²) in [7, 11) is 0. The molecule has 5 rings (SSSR count). The van der Waals surface area contributed by atoms with Gasteiger partial charge in [-0.05, 0) is 48.9 Å². The predicted octanol–water partition coefficient (Wildman–Crippen LogP) is 5.19. The van der Waals surface area contributed by atoms with Crippen molar-refractivity contribution in [1.29, 1.82) is 0 Å². The van der Waals surface area contributed by atoms with Crippen LogP contribution in [0, 0.1) is 5.92 Å². The largest absolute Gasteiger partial charge is 0.494 e. The number of piperidine rings is 1. The van der Waals surface area contributed by atoms with Crippen LogP contribution in [-0.4, -0.2) is 24.6 Å². The molecule has 0 amide bonds. The van der Waals surface area contributed by atoms with Crippen LogP contribution in [0.3, 0.4) is 0 Å². The molecule has 3 nitrogen and oxygen atoms in total. The fraction of sp³-hybridized carbons (Fsp3) is 0.429. The minimum absolute atomic E-state index is 0.650. The molecule has 1 saturated heterocycles. The van der Waals surface area contributed by atoms with Gasteiger partial charge in [0.25, 0.3) is 0 Å². The Morgan fingerprint density at radius 1 is 1.12 bits per heavy atom. The summed E-state index contributed by atoms with van der Waals surface area (Å²) < 4.78 is 11.7. The number of ether oxygens (including phenoxy) is 1. The van der Waals surface area contributed by atoms with Gasteiger partial charge < -0.3 is 14.1 Å². The second-order valence-corrected chi connectivity index (χ2v) is 6.78. The zero-order valence-electron chi connectivity index (χ0n) is 14.3. The van der Waals surface area contributed by atoms with Gasteiger partial charge in [-0.3, -0.25) is 0 Å². The van der Waals surface area contributed by atoms with Gasteiger partial charge in [-0.25, -0.2) is 0 Å². The van der Waals surface area contributed by atoms with E-state index in [0.717, 1.165) is 31.0 Å². The minimum atomic E-state index is 0.650. The van der Waals surface area contributed by atoms with E-state index in [9.17, 15) is 0 Å². The Kier molecular flexibility index (Phi) is 4.33. The highest BCUT2D eigenvalue weighted by Crippen LogP contribution is 2.41. The highest BCUT2D eigenvalue weighted by atomic mass is 16.5. The molecule has 2 bridgehead atoms. The third kappa shape index (κ3) is 2.95. The van der Waals surface area contributed by atoms with E-state index in [-0.39, 0.29) is 0 Å². The quantitative estimate of drug-likeness (QED) is 0.684. The van der Waals surface area contributed by atoms with E-state index >= 15 is 0 Å². The van der Waals surface area contributed by atoms with E-state index in [1.807, 2.05) is 6.26 Å². The maximum atomic E-state index is 5.89. The molecule has 0 saturated carbocycles. The first kappa shape index (κ1) is 15.4. The third-order valence-electron chi connectivity index (χ3n) is 5.15. The number of unbranched alkanes of at least 4 members (excludes halogenated alkanes) is 1. The highest BCUT2D eigenvalue weighted by molar-refractivity contribution is 5.79. The van der Waals surface area contributed by atoms with Crippen molar-refractivity contribution in [2.24, 2.45) is 5.92 Å². The zero-order chi connectivity index (χ0) is 16.4. The number of allylic oxidation sites excluding steroid dienone is 1. The second kappa shape index (κ2) is 6.76. The molecular weight excluding hydrogens is 298 g/mol. The van der Waals surface area contributed by atoms with Crippen molar-refractivity contribution in [3.63, 3.8) is 0 Å². The van der Waals surface area contributed by atoms with Crippen molar-refractivity contribution >= 4 is 5.57 Å². The number of rotatable bonds is 6. The van der Waals surface area contributed by atoms with Crippen LogP contribution in [0.1, 0.15) is 38.4 Å². The zero-order valence-corrected chi connectivity index (χ0v) is 14.3. The van der Waals surface area contributed by atoms with Crippen LogP contribution in [0.4, 0.5) is 0 Å². The molecule has 1 aromatic carbocycles. The first-order valence-corrected chi connectivity index (χ1v) is 9.12. The van der Waals surface area contributed by atoms with Crippen LogP contribution >= 0.6 is 0 Å². The van der Waals surface area contributed by atoms with Crippen molar-refractivity contribution < 1.29 is 9.15 Å². The van der Waals surface area contributed by atoms with Gasteiger partial charge in [0.05, 0.1) is 12.9 Å². The van der Waals surface area contributed by atoms with Crippen LogP contribution in [0.25, 0.3) is 16.7 Å². The number of hydrogen-bond donors (Lipinski definition) is 0. The van der Waals surface area contributed by atoms with E-state index in [1.165, 1.54) is 42.6 Å². The summed E-state index contributed by atoms with van der Waals surface area (Å²) in [4.78, 5) is 2.42. The molecule has 1 fully saturated rings. The lowest BCUT2D eigenvalue weighted by molar-refractivity contribution is 0.249. The van der Waals surface area contributed by atoms with Gasteiger partial charge in [-0.2, -0.15) is 0 Å². The predicted molar refractivity (Wildman–Crippen MR) is 96.8 cm³/mol. The molecule has 0 unspecified atom stereocenters. The molecule has 24 heavy (non-hydrogen) atoms. The first-order chi connectivity index (χ1) is 11.8. The number of hydrogen-bond acceptors (Lipinski definition) is 3. The lowest BCUT2D eigenvalue weighted by atomic mass is 9.83. The molecule has 0 N–H and O–H groups in total. The Balaban J connectivity index is 1.56. The van der Waals surface area contributed by atoms with Gasteiger partial charge >= 0.3 is 0 Å². The summed E-state index contributed by atoms with van der Waals surface area (Å²) in [5.41, 5.74) is 3.75. The lowest BCUT2D eigenvalue weighted by Crippen LogP contribution is -2.35. The molecule has 1 aromatic heterocycles. The molecule has 126 valence electrons. The molecule has 2 aromatic rings. The Bertz CT molecular complexity index is 706. The van der Waals surface area contributed by atoms with E-state index in [0.29, 0.717) is 5.92 Å². The average Bonchev–Trinajstić information content (AvgIpc) is 3.13. The van der Waals surface area contributed by atoms with E-state index in [2.05, 4.69) is 48.4 Å². The summed E-state index contributed by atoms with van der Waals surface area (Å²) in [6.45, 7) is 5.34. The lowest BCUT2D eigenvalue weighted by Gasteiger charge is -2.38. The van der Waals surface area contributed by atoms with Crippen molar-refractivity contribution in [1.82, 2.24) is 4.90 Å². The third-order valence-corrected chi connectivity index (χ3v) is 5.15. The molecule has 3 heteroatoms. The summed E-state index contributed by atoms with van der Waals surface area (Å²) in [5, 5.41) is 0. The van der Waals surface area contributed by atoms with E-state index < -0.39 is 0 Å². The fourth-order valence-corrected chi connectivity index (χ4v) is 3.71. The van der Waals surface area contributed by atoms with Crippen LogP contribution < -0.4 is 4.74 Å². The van der Waals surface area contributed by atoms with Crippen molar-refractivity contribution in [2.75, 3.05) is 19.7 Å². The Hall–Kier alpha value is -2.16. The molecule has 4 heterocycles. The average molecular weight is 323 g/mol. The summed E-state index contributed by atoms with van der Waals surface area (Å²) in [6, 6.07) is 10.5. The van der Waals surface area contributed by atoms with Crippen molar-refractivity contribution in [2.45, 2.75) is 32.6 Å². The molecule has 3 aliphatic rings. The molecular formula is C21H25NO2. The van der Waals surface area contributed by atoms with Gasteiger partial charge in [0.15, 0.2) is 0 Å². The van der Waals surface area contributed by atoms with Crippen LogP contribution in [-0.2, 0) is 0 Å². The van der Waals surface area contributed by atoms with Gasteiger partial charge in [-0.1, -0.05) is 25.5 Å². The number of furan rings is 1. The highest BCUT2D eigenvalue weighted by Gasteiger charge is 2.30. The number of benzene rings is 1. The van der Waals surface area contributed by atoms with Gasteiger partial charge in [-0.15, -0.1) is 0 Å². The molecule has 3 aliphatic heterocycles. The normalized spacial score (nSPS) is 17.2. The maximum Gasteiger partial charge on any atom is 0.139 e. The molecule has 0 spiro atoms. The number of fused-ring (bicyclic) bond motifs is 2. The van der Waals surface area contributed by atoms with Crippen molar-refractivity contribution in [3.8, 4) is 16.9 Å². The monoisotopic (exact) mass is 323 g/mol. The molecule has 0 atom stereocenters. The Morgan fingerprint density at radius 3 is 2.58 bits per heavy atom. The van der Waals surface area contributed by atoms with Crippen LogP contribution in [0.2, 0.25) is 0 Å². The van der Waals surface area contributed by atoms with Crippen LogP contribution in [0.5, 0.6) is 5.75 Å². The van der Waals surface area contributed by atoms with Crippen molar-refractivity contribution in [3.05, 3.63) is 48.6 Å². The molecule has 0 radical (unpaired) electrons. The van der Waals surface area contributed by atoms with E-state index in [4.69, 9.17) is 9.15 Å². The minimum Gasteiger partial charge on any atom is -0.494 e. The Labute approximate surface area is 143 Å². The van der Waals surface area contributed by atoms with Gasteiger partial charge in [0, 0.05) is 30.4 Å². The van der Waals surface area contributed by atoms with Crippen LogP contribution in [0.15, 0.2) is 47.2 Å². The summed E-state index contributed by atoms with van der Waals surface area (Å²) >= 11 is 0. The maximum absolute atomic E-state index is 5.89. The number of nitrogens with zero attached hydrogens (tertiary/aromatic N) is 1. The standard InChI is InChI=1S/C21H25NO2/c1-2-3-13-23-18-6-4-16(5-7-18)19-10-14-24-21(19)20-15-22-11-8-17(20)9-12-22/h4-7,10,14-15,17H,2-3,8-9,11-13H2,1H3. The SMILES string of the molecule is CCCCOc1ccc(-c2ccoc2C2=CN3CCC2CC3)cc1.